The van der Waals surface area contributed by atoms with E-state index in [-0.39, 0.29) is 11.9 Å². The third kappa shape index (κ3) is 3.73. The lowest BCUT2D eigenvalue weighted by Gasteiger charge is -2.44. The van der Waals surface area contributed by atoms with Crippen LogP contribution in [0.25, 0.3) is 0 Å². The Morgan fingerprint density at radius 3 is 2.41 bits per heavy atom. The van der Waals surface area contributed by atoms with Crippen LogP contribution in [0.3, 0.4) is 0 Å². The van der Waals surface area contributed by atoms with Gasteiger partial charge in [0.05, 0.1) is 13.2 Å². The maximum absolute atomic E-state index is 13.3. The molecule has 2 aliphatic heterocycles. The van der Waals surface area contributed by atoms with E-state index in [1.165, 1.54) is 4.90 Å². The molecule has 3 amide bonds. The van der Waals surface area contributed by atoms with Gasteiger partial charge in [-0.2, -0.15) is 0 Å². The Balaban J connectivity index is 1.85. The molecule has 148 valence electrons. The van der Waals surface area contributed by atoms with Crippen LogP contribution in [0, 0.1) is 0 Å². The summed E-state index contributed by atoms with van der Waals surface area (Å²) < 4.78 is 5.12. The molecule has 0 aliphatic carbocycles. The largest absolute Gasteiger partial charge is 0.383 e. The Morgan fingerprint density at radius 1 is 1.15 bits per heavy atom. The third-order valence-electron chi connectivity index (χ3n) is 6.16. The van der Waals surface area contributed by atoms with Crippen molar-refractivity contribution in [1.29, 1.82) is 0 Å². The van der Waals surface area contributed by atoms with Gasteiger partial charge in [-0.05, 0) is 31.7 Å². The van der Waals surface area contributed by atoms with Crippen LogP contribution >= 0.6 is 0 Å². The summed E-state index contributed by atoms with van der Waals surface area (Å²) in [6.07, 6.45) is 2.48. The zero-order valence-electron chi connectivity index (χ0n) is 16.7. The molecule has 27 heavy (non-hydrogen) atoms. The van der Waals surface area contributed by atoms with Gasteiger partial charge < -0.3 is 14.5 Å². The fourth-order valence-corrected chi connectivity index (χ4v) is 4.22. The van der Waals surface area contributed by atoms with E-state index in [1.807, 2.05) is 35.2 Å². The van der Waals surface area contributed by atoms with Gasteiger partial charge in [-0.15, -0.1) is 0 Å². The molecule has 1 atom stereocenters. The van der Waals surface area contributed by atoms with E-state index in [9.17, 15) is 9.59 Å². The van der Waals surface area contributed by atoms with Gasteiger partial charge in [0, 0.05) is 32.8 Å². The summed E-state index contributed by atoms with van der Waals surface area (Å²) in [5.74, 6) is -0.0516. The first kappa shape index (κ1) is 19.8. The molecular formula is C21H31N3O3. The van der Waals surface area contributed by atoms with Crippen molar-refractivity contribution in [3.63, 3.8) is 0 Å². The van der Waals surface area contributed by atoms with E-state index >= 15 is 0 Å². The molecule has 2 saturated heterocycles. The molecule has 6 nitrogen and oxygen atoms in total. The van der Waals surface area contributed by atoms with Crippen molar-refractivity contribution in [3.05, 3.63) is 35.9 Å². The number of hydrogen-bond acceptors (Lipinski definition) is 4. The number of rotatable bonds is 7. The number of nitrogens with zero attached hydrogens (tertiary/aromatic N) is 3. The van der Waals surface area contributed by atoms with Crippen LogP contribution < -0.4 is 0 Å². The third-order valence-corrected chi connectivity index (χ3v) is 6.16. The van der Waals surface area contributed by atoms with Gasteiger partial charge in [-0.25, -0.2) is 4.79 Å². The topological polar surface area (TPSA) is 53.1 Å². The number of carbonyl (C=O) groups is 2. The highest BCUT2D eigenvalue weighted by Crippen LogP contribution is 2.38. The van der Waals surface area contributed by atoms with E-state index in [0.717, 1.165) is 25.1 Å². The van der Waals surface area contributed by atoms with E-state index in [2.05, 4.69) is 18.7 Å². The molecule has 0 aromatic heterocycles. The second-order valence-electron chi connectivity index (χ2n) is 7.63. The minimum absolute atomic E-state index is 0.0516. The average Bonchev–Trinajstić information content (AvgIpc) is 2.89. The van der Waals surface area contributed by atoms with Gasteiger partial charge >= 0.3 is 6.03 Å². The number of carbonyl (C=O) groups excluding carboxylic acids is 2. The first-order valence-corrected chi connectivity index (χ1v) is 9.94. The molecule has 0 bridgehead atoms. The summed E-state index contributed by atoms with van der Waals surface area (Å²) in [7, 11) is 1.59. The fourth-order valence-electron chi connectivity index (χ4n) is 4.22. The number of methoxy groups -OCH3 is 1. The molecule has 6 heteroatoms. The number of urea groups is 1. The summed E-state index contributed by atoms with van der Waals surface area (Å²) in [6, 6.07) is 10.2. The van der Waals surface area contributed by atoms with Crippen molar-refractivity contribution in [2.45, 2.75) is 51.2 Å². The molecule has 0 N–H and O–H groups in total. The lowest BCUT2D eigenvalue weighted by molar-refractivity contribution is -0.136. The second kappa shape index (κ2) is 8.40. The van der Waals surface area contributed by atoms with Crippen LogP contribution in [0.5, 0.6) is 0 Å². The summed E-state index contributed by atoms with van der Waals surface area (Å²) in [4.78, 5) is 32.1. The zero-order chi connectivity index (χ0) is 19.4. The number of benzene rings is 1. The van der Waals surface area contributed by atoms with Crippen molar-refractivity contribution >= 4 is 11.9 Å². The number of piperidine rings is 1. The Morgan fingerprint density at radius 2 is 1.81 bits per heavy atom. The smallest absolute Gasteiger partial charge is 0.328 e. The quantitative estimate of drug-likeness (QED) is 0.690. The Labute approximate surface area is 162 Å². The number of hydrogen-bond donors (Lipinski definition) is 0. The van der Waals surface area contributed by atoms with E-state index in [0.29, 0.717) is 38.6 Å². The van der Waals surface area contributed by atoms with Crippen LogP contribution in [0.15, 0.2) is 30.3 Å². The van der Waals surface area contributed by atoms with Crippen molar-refractivity contribution in [1.82, 2.24) is 14.7 Å². The van der Waals surface area contributed by atoms with Gasteiger partial charge in [-0.1, -0.05) is 37.3 Å². The Hall–Kier alpha value is -1.92. The molecule has 2 fully saturated rings. The van der Waals surface area contributed by atoms with E-state index in [4.69, 9.17) is 4.74 Å². The number of ether oxygens (including phenoxy) is 1. The van der Waals surface area contributed by atoms with Crippen LogP contribution in [0.2, 0.25) is 0 Å². The first-order valence-electron chi connectivity index (χ1n) is 9.94. The van der Waals surface area contributed by atoms with Crippen molar-refractivity contribution in [2.75, 3.05) is 33.4 Å². The summed E-state index contributed by atoms with van der Waals surface area (Å²) in [6.45, 7) is 7.26. The van der Waals surface area contributed by atoms with E-state index in [1.54, 1.807) is 7.11 Å². The summed E-state index contributed by atoms with van der Waals surface area (Å²) >= 11 is 0. The van der Waals surface area contributed by atoms with Gasteiger partial charge in [0.15, 0.2) is 0 Å². The molecule has 1 aromatic rings. The van der Waals surface area contributed by atoms with E-state index < -0.39 is 5.54 Å². The number of amides is 3. The van der Waals surface area contributed by atoms with Crippen LogP contribution in [0.4, 0.5) is 4.79 Å². The minimum atomic E-state index is -0.718. The normalized spacial score (nSPS) is 21.3. The minimum Gasteiger partial charge on any atom is -0.383 e. The molecular weight excluding hydrogens is 342 g/mol. The zero-order valence-corrected chi connectivity index (χ0v) is 16.7. The SMILES string of the molecule is CCC(C)N1CCC2(CC1)C(=O)N(CCOC)C(=O)N2Cc1ccccc1. The van der Waals surface area contributed by atoms with Crippen molar-refractivity contribution in [3.8, 4) is 0 Å². The highest BCUT2D eigenvalue weighted by molar-refractivity contribution is 6.07. The molecule has 2 aliphatic rings. The van der Waals surface area contributed by atoms with Crippen molar-refractivity contribution < 1.29 is 14.3 Å². The monoisotopic (exact) mass is 373 g/mol. The molecule has 0 saturated carbocycles. The molecule has 3 rings (SSSR count). The van der Waals surface area contributed by atoms with Gasteiger partial charge in [0.25, 0.3) is 5.91 Å². The standard InChI is InChI=1S/C21H31N3O3/c1-4-17(2)22-12-10-21(11-13-22)19(25)23(14-15-27-3)20(26)24(21)16-18-8-6-5-7-9-18/h5-9,17H,4,10-16H2,1-3H3. The lowest BCUT2D eigenvalue weighted by Crippen LogP contribution is -2.57. The predicted molar refractivity (Wildman–Crippen MR) is 104 cm³/mol. The lowest BCUT2D eigenvalue weighted by atomic mass is 9.85. The number of imide groups is 1. The fraction of sp³-hybridized carbons (Fsp3) is 0.619. The summed E-state index contributed by atoms with van der Waals surface area (Å²) in [5, 5.41) is 0. The van der Waals surface area contributed by atoms with Crippen molar-refractivity contribution in [2.24, 2.45) is 0 Å². The first-order chi connectivity index (χ1) is 13.0. The van der Waals surface area contributed by atoms with Gasteiger partial charge in [0.2, 0.25) is 0 Å². The Kier molecular flexibility index (Phi) is 6.17. The van der Waals surface area contributed by atoms with Gasteiger partial charge in [0.1, 0.15) is 5.54 Å². The van der Waals surface area contributed by atoms with Crippen LogP contribution in [-0.4, -0.2) is 71.6 Å². The highest BCUT2D eigenvalue weighted by Gasteiger charge is 2.57. The Bertz CT molecular complexity index is 656. The predicted octanol–water partition coefficient (Wildman–Crippen LogP) is 2.73. The number of likely N-dealkylation sites (tertiary alicyclic amines) is 1. The molecule has 1 unspecified atom stereocenters. The van der Waals surface area contributed by atoms with Crippen LogP contribution in [-0.2, 0) is 16.1 Å². The average molecular weight is 373 g/mol. The molecule has 1 aromatic carbocycles. The maximum Gasteiger partial charge on any atom is 0.328 e. The maximum atomic E-state index is 13.3. The van der Waals surface area contributed by atoms with Crippen LogP contribution in [0.1, 0.15) is 38.7 Å². The highest BCUT2D eigenvalue weighted by atomic mass is 16.5. The summed E-state index contributed by atoms with van der Waals surface area (Å²) in [5.41, 5.74) is 0.334. The molecule has 1 spiro atoms. The molecule has 2 heterocycles. The molecule has 0 radical (unpaired) electrons. The second-order valence-corrected chi connectivity index (χ2v) is 7.63. The van der Waals surface area contributed by atoms with Gasteiger partial charge in [-0.3, -0.25) is 9.69 Å².